The van der Waals surface area contributed by atoms with E-state index in [0.717, 1.165) is 5.56 Å². The fourth-order valence-electron chi connectivity index (χ4n) is 2.00. The van der Waals surface area contributed by atoms with Gasteiger partial charge in [0.05, 0.1) is 13.2 Å². The first-order valence-electron chi connectivity index (χ1n) is 8.05. The molecule has 0 saturated carbocycles. The number of amides is 1. The summed E-state index contributed by atoms with van der Waals surface area (Å²) in [5.41, 5.74) is -0.233. The number of nitrogens with one attached hydrogen (secondary N) is 3. The van der Waals surface area contributed by atoms with Crippen molar-refractivity contribution in [2.24, 2.45) is 4.99 Å². The summed E-state index contributed by atoms with van der Waals surface area (Å²) in [5, 5.41) is 19.4. The van der Waals surface area contributed by atoms with Gasteiger partial charge in [0.25, 0.3) is 0 Å². The highest BCUT2D eigenvalue weighted by Gasteiger charge is 2.22. The van der Waals surface area contributed by atoms with Crippen LogP contribution < -0.4 is 16.0 Å². The van der Waals surface area contributed by atoms with Crippen molar-refractivity contribution in [3.63, 3.8) is 0 Å². The molecule has 25 heavy (non-hydrogen) atoms. The molecule has 4 N–H and O–H groups in total. The van der Waals surface area contributed by atoms with Crippen LogP contribution in [0.4, 0.5) is 0 Å². The van der Waals surface area contributed by atoms with Gasteiger partial charge < -0.3 is 25.8 Å². The maximum atomic E-state index is 11.7. The number of benzene rings is 1. The van der Waals surface area contributed by atoms with E-state index in [9.17, 15) is 9.90 Å². The Morgan fingerprint density at radius 3 is 2.52 bits per heavy atom. The molecule has 1 unspecified atom stereocenters. The molecule has 7 nitrogen and oxygen atoms in total. The number of hydrogen-bond donors (Lipinski definition) is 4. The number of halogens is 1. The van der Waals surface area contributed by atoms with Crippen LogP contribution in [0, 0.1) is 0 Å². The molecule has 1 aromatic rings. The van der Waals surface area contributed by atoms with E-state index in [-0.39, 0.29) is 43.0 Å². The summed E-state index contributed by atoms with van der Waals surface area (Å²) in [6, 6.07) is 9.41. The molecule has 0 bridgehead atoms. The van der Waals surface area contributed by atoms with E-state index in [4.69, 9.17) is 4.74 Å². The van der Waals surface area contributed by atoms with E-state index in [1.807, 2.05) is 37.3 Å². The molecule has 0 spiro atoms. The molecule has 8 heteroatoms. The molecule has 0 saturated heterocycles. The number of nitrogens with zero attached hydrogens (tertiary/aromatic N) is 1. The van der Waals surface area contributed by atoms with Crippen LogP contribution in [-0.2, 0) is 15.1 Å². The van der Waals surface area contributed by atoms with Crippen LogP contribution in [-0.4, -0.2) is 56.9 Å². The number of methoxy groups -OCH3 is 1. The molecule has 0 radical (unpaired) electrons. The Balaban J connectivity index is 0.00000576. The summed E-state index contributed by atoms with van der Waals surface area (Å²) in [6.07, 6.45) is 0. The summed E-state index contributed by atoms with van der Waals surface area (Å²) >= 11 is 0. The number of guanidine groups is 1. The Morgan fingerprint density at radius 2 is 1.92 bits per heavy atom. The third-order valence-electron chi connectivity index (χ3n) is 3.35. The van der Waals surface area contributed by atoms with Gasteiger partial charge in [-0.25, -0.2) is 4.99 Å². The van der Waals surface area contributed by atoms with Gasteiger partial charge >= 0.3 is 0 Å². The third kappa shape index (κ3) is 9.61. The molecular weight excluding hydrogens is 435 g/mol. The van der Waals surface area contributed by atoms with Crippen LogP contribution in [0.3, 0.4) is 0 Å². The van der Waals surface area contributed by atoms with Crippen molar-refractivity contribution in [1.29, 1.82) is 0 Å². The number of carbonyl (C=O) groups is 1. The van der Waals surface area contributed by atoms with E-state index in [2.05, 4.69) is 20.9 Å². The molecule has 0 aliphatic rings. The lowest BCUT2D eigenvalue weighted by Gasteiger charge is -2.25. The van der Waals surface area contributed by atoms with Gasteiger partial charge in [-0.3, -0.25) is 4.79 Å². The van der Waals surface area contributed by atoms with E-state index < -0.39 is 5.60 Å². The van der Waals surface area contributed by atoms with Crippen LogP contribution >= 0.6 is 24.0 Å². The lowest BCUT2D eigenvalue weighted by Crippen LogP contribution is -2.45. The summed E-state index contributed by atoms with van der Waals surface area (Å²) in [5.74, 6) is 0.301. The van der Waals surface area contributed by atoms with Gasteiger partial charge in [0.2, 0.25) is 5.91 Å². The van der Waals surface area contributed by atoms with Crippen molar-refractivity contribution >= 4 is 35.8 Å². The van der Waals surface area contributed by atoms with Crippen molar-refractivity contribution in [3.8, 4) is 0 Å². The Morgan fingerprint density at radius 1 is 1.24 bits per heavy atom. The van der Waals surface area contributed by atoms with Crippen molar-refractivity contribution in [2.45, 2.75) is 19.4 Å². The second-order valence-corrected chi connectivity index (χ2v) is 5.53. The zero-order valence-electron chi connectivity index (χ0n) is 15.0. The summed E-state index contributed by atoms with van der Waals surface area (Å²) < 4.78 is 4.87. The van der Waals surface area contributed by atoms with Gasteiger partial charge in [-0.15, -0.1) is 24.0 Å². The lowest BCUT2D eigenvalue weighted by atomic mass is 9.96. The topological polar surface area (TPSA) is 95.0 Å². The van der Waals surface area contributed by atoms with Gasteiger partial charge in [-0.2, -0.15) is 0 Å². The van der Waals surface area contributed by atoms with E-state index >= 15 is 0 Å². The van der Waals surface area contributed by atoms with Gasteiger partial charge in [-0.05, 0) is 19.4 Å². The van der Waals surface area contributed by atoms with Crippen LogP contribution in [0.2, 0.25) is 0 Å². The Bertz CT molecular complexity index is 524. The second kappa shape index (κ2) is 12.9. The Hall–Kier alpha value is -1.39. The minimum atomic E-state index is -1.04. The zero-order valence-corrected chi connectivity index (χ0v) is 17.4. The molecular formula is C17H29IN4O3. The predicted molar refractivity (Wildman–Crippen MR) is 110 cm³/mol. The summed E-state index contributed by atoms with van der Waals surface area (Å²) in [6.45, 7) is 5.53. The van der Waals surface area contributed by atoms with Crippen LogP contribution in [0.5, 0.6) is 0 Å². The highest BCUT2D eigenvalue weighted by Crippen LogP contribution is 2.18. The fraction of sp³-hybridized carbons (Fsp3) is 0.529. The Labute approximate surface area is 166 Å². The highest BCUT2D eigenvalue weighted by molar-refractivity contribution is 14.0. The Kier molecular flexibility index (Phi) is 12.2. The largest absolute Gasteiger partial charge is 0.384 e. The molecule has 0 aromatic heterocycles. The molecule has 1 aromatic carbocycles. The van der Waals surface area contributed by atoms with E-state index in [0.29, 0.717) is 25.7 Å². The highest BCUT2D eigenvalue weighted by atomic mass is 127. The average molecular weight is 464 g/mol. The minimum Gasteiger partial charge on any atom is -0.384 e. The molecule has 0 heterocycles. The first-order chi connectivity index (χ1) is 11.5. The van der Waals surface area contributed by atoms with Gasteiger partial charge in [0, 0.05) is 20.2 Å². The summed E-state index contributed by atoms with van der Waals surface area (Å²) in [4.78, 5) is 15.9. The standard InChI is InChI=1S/C17H28N4O3.HI/c1-4-18-16(20-12-15(22)19-10-11-24-3)21-13-17(2,23)14-8-6-5-7-9-14;/h5-9,23H,4,10-13H2,1-3H3,(H,19,22)(H2,18,20,21);1H. The predicted octanol–water partition coefficient (Wildman–Crippen LogP) is 0.830. The van der Waals surface area contributed by atoms with E-state index in [1.54, 1.807) is 14.0 Å². The van der Waals surface area contributed by atoms with Gasteiger partial charge in [0.1, 0.15) is 12.1 Å². The van der Waals surface area contributed by atoms with Crippen molar-refractivity contribution in [2.75, 3.05) is 39.9 Å². The number of carbonyl (C=O) groups excluding carboxylic acids is 1. The first-order valence-corrected chi connectivity index (χ1v) is 8.05. The third-order valence-corrected chi connectivity index (χ3v) is 3.35. The second-order valence-electron chi connectivity index (χ2n) is 5.53. The molecule has 1 atom stereocenters. The van der Waals surface area contributed by atoms with Crippen LogP contribution in [0.25, 0.3) is 0 Å². The van der Waals surface area contributed by atoms with Crippen LogP contribution in [0.1, 0.15) is 19.4 Å². The average Bonchev–Trinajstić information content (AvgIpc) is 2.58. The minimum absolute atomic E-state index is 0. The SMILES string of the molecule is CCNC(=NCC(=O)NCCOC)NCC(C)(O)c1ccccc1.I. The molecule has 0 aliphatic heterocycles. The number of hydrogen-bond acceptors (Lipinski definition) is 4. The zero-order chi connectivity index (χ0) is 17.8. The molecule has 0 aliphatic carbocycles. The van der Waals surface area contributed by atoms with Gasteiger partial charge in [0.15, 0.2) is 5.96 Å². The maximum Gasteiger partial charge on any atom is 0.241 e. The maximum absolute atomic E-state index is 11.7. The van der Waals surface area contributed by atoms with E-state index in [1.165, 1.54) is 0 Å². The number of rotatable bonds is 9. The molecule has 142 valence electrons. The number of ether oxygens (including phenoxy) is 1. The normalized spacial score (nSPS) is 13.4. The molecule has 1 rings (SSSR count). The van der Waals surface area contributed by atoms with Crippen LogP contribution in [0.15, 0.2) is 35.3 Å². The van der Waals surface area contributed by atoms with Crippen molar-refractivity contribution in [3.05, 3.63) is 35.9 Å². The smallest absolute Gasteiger partial charge is 0.241 e. The molecule has 0 fully saturated rings. The lowest BCUT2D eigenvalue weighted by molar-refractivity contribution is -0.119. The van der Waals surface area contributed by atoms with Crippen molar-refractivity contribution < 1.29 is 14.6 Å². The number of aliphatic hydroxyl groups is 1. The fourth-order valence-corrected chi connectivity index (χ4v) is 2.00. The van der Waals surface area contributed by atoms with Gasteiger partial charge in [-0.1, -0.05) is 30.3 Å². The molecule has 1 amide bonds. The summed E-state index contributed by atoms with van der Waals surface area (Å²) in [7, 11) is 1.58. The van der Waals surface area contributed by atoms with Crippen molar-refractivity contribution in [1.82, 2.24) is 16.0 Å². The number of aliphatic imine (C=N–C) groups is 1. The monoisotopic (exact) mass is 464 g/mol. The quantitative estimate of drug-likeness (QED) is 0.188. The first kappa shape index (κ1) is 23.6.